The molecule has 2 rings (SSSR count). The number of benzene rings is 1. The van der Waals surface area contributed by atoms with Crippen molar-refractivity contribution in [2.24, 2.45) is 0 Å². The number of nitrogens with zero attached hydrogens (tertiary/aromatic N) is 2. The van der Waals surface area contributed by atoms with Crippen molar-refractivity contribution in [2.45, 2.75) is 32.3 Å². The Kier molecular flexibility index (Phi) is 6.86. The molecule has 1 saturated heterocycles. The smallest absolute Gasteiger partial charge is 0.253 e. The average Bonchev–Trinajstić information content (AvgIpc) is 2.61. The van der Waals surface area contributed by atoms with Gasteiger partial charge in [-0.25, -0.2) is 0 Å². The minimum Gasteiger partial charge on any atom is -0.396 e. The number of aliphatic hydroxyl groups is 1. The van der Waals surface area contributed by atoms with E-state index in [1.54, 1.807) is 0 Å². The van der Waals surface area contributed by atoms with E-state index >= 15 is 0 Å². The molecule has 1 aromatic rings. The van der Waals surface area contributed by atoms with Gasteiger partial charge in [-0.3, -0.25) is 4.79 Å². The summed E-state index contributed by atoms with van der Waals surface area (Å²) in [6.07, 6.45) is 2.63. The number of rotatable bonds is 7. The summed E-state index contributed by atoms with van der Waals surface area (Å²) < 4.78 is 5.71. The fourth-order valence-corrected chi connectivity index (χ4v) is 2.76. The van der Waals surface area contributed by atoms with Gasteiger partial charge >= 0.3 is 0 Å². The number of likely N-dealkylation sites (tertiary alicyclic amines) is 1. The SMILES string of the molecule is CCN(C)c1ccc(C(=O)N2CCC(OCCCO)CC2)cc1. The van der Waals surface area contributed by atoms with Crippen molar-refractivity contribution in [3.8, 4) is 0 Å². The zero-order valence-corrected chi connectivity index (χ0v) is 14.2. The fourth-order valence-electron chi connectivity index (χ4n) is 2.76. The lowest BCUT2D eigenvalue weighted by Gasteiger charge is -2.32. The number of carbonyl (C=O) groups excluding carboxylic acids is 1. The Bertz CT molecular complexity index is 482. The number of amides is 1. The molecule has 0 spiro atoms. The van der Waals surface area contributed by atoms with Gasteiger partial charge in [0.2, 0.25) is 0 Å². The van der Waals surface area contributed by atoms with Crippen molar-refractivity contribution in [3.05, 3.63) is 29.8 Å². The Morgan fingerprint density at radius 2 is 1.96 bits per heavy atom. The first-order valence-corrected chi connectivity index (χ1v) is 8.48. The van der Waals surface area contributed by atoms with Gasteiger partial charge in [0.05, 0.1) is 6.10 Å². The summed E-state index contributed by atoms with van der Waals surface area (Å²) in [5.41, 5.74) is 1.87. The molecular formula is C18H28N2O3. The molecule has 1 amide bonds. The van der Waals surface area contributed by atoms with Crippen molar-refractivity contribution < 1.29 is 14.6 Å². The Morgan fingerprint density at radius 1 is 1.30 bits per heavy atom. The van der Waals surface area contributed by atoms with Crippen LogP contribution in [0.1, 0.15) is 36.5 Å². The van der Waals surface area contributed by atoms with E-state index in [0.29, 0.717) is 13.0 Å². The summed E-state index contributed by atoms with van der Waals surface area (Å²) in [6, 6.07) is 7.82. The summed E-state index contributed by atoms with van der Waals surface area (Å²) in [6.45, 7) is 5.28. The predicted molar refractivity (Wildman–Crippen MR) is 92.0 cm³/mol. The van der Waals surface area contributed by atoms with Gasteiger partial charge in [-0.05, 0) is 50.5 Å². The first kappa shape index (κ1) is 17.8. The zero-order valence-electron chi connectivity index (χ0n) is 14.2. The van der Waals surface area contributed by atoms with E-state index in [-0.39, 0.29) is 18.6 Å². The summed E-state index contributed by atoms with van der Waals surface area (Å²) in [7, 11) is 2.04. The molecule has 1 aromatic carbocycles. The summed E-state index contributed by atoms with van der Waals surface area (Å²) in [4.78, 5) is 16.6. The molecule has 0 aromatic heterocycles. The van der Waals surface area contributed by atoms with Crippen LogP contribution < -0.4 is 4.90 Å². The van der Waals surface area contributed by atoms with E-state index in [4.69, 9.17) is 9.84 Å². The molecule has 1 aliphatic rings. The van der Waals surface area contributed by atoms with Crippen molar-refractivity contribution in [2.75, 3.05) is 44.8 Å². The van der Waals surface area contributed by atoms with Crippen LogP contribution in [0.3, 0.4) is 0 Å². The van der Waals surface area contributed by atoms with Gasteiger partial charge < -0.3 is 19.6 Å². The maximum absolute atomic E-state index is 12.6. The Balaban J connectivity index is 1.85. The van der Waals surface area contributed by atoms with Gasteiger partial charge in [0.1, 0.15) is 0 Å². The Morgan fingerprint density at radius 3 is 2.52 bits per heavy atom. The average molecular weight is 320 g/mol. The van der Waals surface area contributed by atoms with Crippen LogP contribution in [-0.4, -0.2) is 61.9 Å². The highest BCUT2D eigenvalue weighted by Crippen LogP contribution is 2.19. The number of aliphatic hydroxyl groups excluding tert-OH is 1. The Hall–Kier alpha value is -1.59. The molecule has 5 nitrogen and oxygen atoms in total. The van der Waals surface area contributed by atoms with Gasteiger partial charge in [0.15, 0.2) is 0 Å². The molecule has 1 heterocycles. The van der Waals surface area contributed by atoms with Crippen molar-refractivity contribution in [3.63, 3.8) is 0 Å². The van der Waals surface area contributed by atoms with Gasteiger partial charge in [-0.15, -0.1) is 0 Å². The highest BCUT2D eigenvalue weighted by Gasteiger charge is 2.23. The number of hydrogen-bond donors (Lipinski definition) is 1. The van der Waals surface area contributed by atoms with Crippen LogP contribution >= 0.6 is 0 Å². The second kappa shape index (κ2) is 8.89. The number of carbonyl (C=O) groups is 1. The summed E-state index contributed by atoms with van der Waals surface area (Å²) in [5.74, 6) is 0.101. The van der Waals surface area contributed by atoms with Crippen LogP contribution in [0.5, 0.6) is 0 Å². The normalized spacial score (nSPS) is 15.7. The molecule has 0 aliphatic carbocycles. The van der Waals surface area contributed by atoms with E-state index in [2.05, 4.69) is 11.8 Å². The molecule has 23 heavy (non-hydrogen) atoms. The molecular weight excluding hydrogens is 292 g/mol. The molecule has 1 fully saturated rings. The zero-order chi connectivity index (χ0) is 16.7. The molecule has 0 bridgehead atoms. The van der Waals surface area contributed by atoms with Crippen LogP contribution in [0.25, 0.3) is 0 Å². The minimum atomic E-state index is 0.101. The van der Waals surface area contributed by atoms with E-state index < -0.39 is 0 Å². The third-order valence-electron chi connectivity index (χ3n) is 4.41. The maximum atomic E-state index is 12.6. The lowest BCUT2D eigenvalue weighted by Crippen LogP contribution is -2.41. The van der Waals surface area contributed by atoms with Crippen LogP contribution in [-0.2, 0) is 4.74 Å². The van der Waals surface area contributed by atoms with Gasteiger partial charge in [0.25, 0.3) is 5.91 Å². The van der Waals surface area contributed by atoms with Crippen LogP contribution in [0, 0.1) is 0 Å². The quantitative estimate of drug-likeness (QED) is 0.782. The lowest BCUT2D eigenvalue weighted by atomic mass is 10.1. The molecule has 1 N–H and O–H groups in total. The highest BCUT2D eigenvalue weighted by atomic mass is 16.5. The third-order valence-corrected chi connectivity index (χ3v) is 4.41. The van der Waals surface area contributed by atoms with E-state index in [1.165, 1.54) is 0 Å². The first-order chi connectivity index (χ1) is 11.2. The van der Waals surface area contributed by atoms with Crippen LogP contribution in [0.4, 0.5) is 5.69 Å². The number of anilines is 1. The number of hydrogen-bond acceptors (Lipinski definition) is 4. The molecule has 0 radical (unpaired) electrons. The standard InChI is InChI=1S/C18H28N2O3/c1-3-19(2)16-7-5-15(6-8-16)18(22)20-11-9-17(10-12-20)23-14-4-13-21/h5-8,17,21H,3-4,9-14H2,1-2H3. The van der Waals surface area contributed by atoms with Gasteiger partial charge in [0, 0.05) is 51.1 Å². The van der Waals surface area contributed by atoms with Crippen LogP contribution in [0.15, 0.2) is 24.3 Å². The maximum Gasteiger partial charge on any atom is 0.253 e. The topological polar surface area (TPSA) is 53.0 Å². The van der Waals surface area contributed by atoms with Crippen molar-refractivity contribution in [1.29, 1.82) is 0 Å². The fraction of sp³-hybridized carbons (Fsp3) is 0.611. The third kappa shape index (κ3) is 4.94. The lowest BCUT2D eigenvalue weighted by molar-refractivity contribution is 0.00398. The second-order valence-electron chi connectivity index (χ2n) is 6.00. The molecule has 0 unspecified atom stereocenters. The summed E-state index contributed by atoms with van der Waals surface area (Å²) in [5, 5.41) is 8.77. The summed E-state index contributed by atoms with van der Waals surface area (Å²) >= 11 is 0. The molecule has 0 saturated carbocycles. The first-order valence-electron chi connectivity index (χ1n) is 8.48. The largest absolute Gasteiger partial charge is 0.396 e. The van der Waals surface area contributed by atoms with E-state index in [1.807, 2.05) is 36.2 Å². The van der Waals surface area contributed by atoms with Gasteiger partial charge in [-0.2, -0.15) is 0 Å². The monoisotopic (exact) mass is 320 g/mol. The number of ether oxygens (including phenoxy) is 1. The highest BCUT2D eigenvalue weighted by molar-refractivity contribution is 5.94. The molecule has 5 heteroatoms. The van der Waals surface area contributed by atoms with Crippen molar-refractivity contribution >= 4 is 11.6 Å². The van der Waals surface area contributed by atoms with E-state index in [0.717, 1.165) is 43.7 Å². The molecule has 0 atom stereocenters. The Labute approximate surface area is 138 Å². The minimum absolute atomic E-state index is 0.101. The van der Waals surface area contributed by atoms with Crippen molar-refractivity contribution in [1.82, 2.24) is 4.90 Å². The predicted octanol–water partition coefficient (Wildman–Crippen LogP) is 2.15. The molecule has 128 valence electrons. The number of piperidine rings is 1. The molecule has 1 aliphatic heterocycles. The van der Waals surface area contributed by atoms with E-state index in [9.17, 15) is 4.79 Å². The van der Waals surface area contributed by atoms with Gasteiger partial charge in [-0.1, -0.05) is 0 Å². The van der Waals surface area contributed by atoms with Crippen LogP contribution in [0.2, 0.25) is 0 Å². The second-order valence-corrected chi connectivity index (χ2v) is 6.00.